The molecule has 0 bridgehead atoms. The molecule has 0 fully saturated rings. The molecule has 0 saturated heterocycles. The smallest absolute Gasteiger partial charge is 0.311 e. The van der Waals surface area contributed by atoms with Gasteiger partial charge in [0.1, 0.15) is 11.5 Å². The zero-order valence-electron chi connectivity index (χ0n) is 17.0. The van der Waals surface area contributed by atoms with Crippen LogP contribution in [-0.2, 0) is 4.79 Å². The number of para-hydroxylation sites is 1. The number of anilines is 1. The topological polar surface area (TPSA) is 90.7 Å². The first-order valence-corrected chi connectivity index (χ1v) is 9.78. The molecular weight excluding hydrogens is 396 g/mol. The lowest BCUT2D eigenvalue weighted by Crippen LogP contribution is -2.07. The molecule has 0 atom stereocenters. The molecule has 0 saturated carbocycles. The first kappa shape index (κ1) is 21.6. The Balaban J connectivity index is 1.61. The van der Waals surface area contributed by atoms with E-state index in [1.165, 1.54) is 24.3 Å². The van der Waals surface area contributed by atoms with Gasteiger partial charge in [-0.25, -0.2) is 0 Å². The quantitative estimate of drug-likeness (QED) is 0.268. The first-order chi connectivity index (χ1) is 15.0. The Morgan fingerprint density at radius 2 is 1.74 bits per heavy atom. The van der Waals surface area contributed by atoms with Crippen LogP contribution in [0.2, 0.25) is 0 Å². The second-order valence-corrected chi connectivity index (χ2v) is 6.59. The third kappa shape index (κ3) is 6.43. The number of rotatable bonds is 9. The predicted molar refractivity (Wildman–Crippen MR) is 120 cm³/mol. The molecule has 3 rings (SSSR count). The van der Waals surface area contributed by atoms with Gasteiger partial charge in [-0.05, 0) is 60.5 Å². The van der Waals surface area contributed by atoms with E-state index in [9.17, 15) is 14.9 Å². The van der Waals surface area contributed by atoms with Crippen molar-refractivity contribution in [2.45, 2.75) is 13.3 Å². The minimum atomic E-state index is -0.499. The molecule has 7 nitrogen and oxygen atoms in total. The zero-order chi connectivity index (χ0) is 22.1. The molecular formula is C24H22N2O5. The van der Waals surface area contributed by atoms with Crippen molar-refractivity contribution in [1.82, 2.24) is 0 Å². The van der Waals surface area contributed by atoms with Gasteiger partial charge in [0.05, 0.1) is 11.5 Å². The molecule has 0 unspecified atom stereocenters. The highest BCUT2D eigenvalue weighted by atomic mass is 16.6. The standard InChI is InChI=1S/C24H22N2O5/c1-2-16-30-23-14-8-18(17-22(23)26(28)29)9-15-24(27)25-19-10-12-21(13-11-19)31-20-6-4-3-5-7-20/h3-15,17H,2,16H2,1H3,(H,25,27)/b15-9+. The van der Waals surface area contributed by atoms with E-state index in [4.69, 9.17) is 9.47 Å². The van der Waals surface area contributed by atoms with Crippen LogP contribution in [0.4, 0.5) is 11.4 Å². The van der Waals surface area contributed by atoms with Gasteiger partial charge in [-0.3, -0.25) is 14.9 Å². The Hall–Kier alpha value is -4.13. The number of benzene rings is 3. The molecule has 3 aromatic carbocycles. The van der Waals surface area contributed by atoms with Crippen LogP contribution in [0.15, 0.2) is 78.9 Å². The van der Waals surface area contributed by atoms with Gasteiger partial charge in [0.2, 0.25) is 5.91 Å². The van der Waals surface area contributed by atoms with E-state index < -0.39 is 4.92 Å². The lowest BCUT2D eigenvalue weighted by molar-refractivity contribution is -0.385. The van der Waals surface area contributed by atoms with Crippen LogP contribution in [0.25, 0.3) is 6.08 Å². The maximum absolute atomic E-state index is 12.2. The summed E-state index contributed by atoms with van der Waals surface area (Å²) in [5.41, 5.74) is 0.992. The van der Waals surface area contributed by atoms with Crippen LogP contribution < -0.4 is 14.8 Å². The molecule has 3 aromatic rings. The molecule has 1 amide bonds. The number of nitro groups is 1. The highest BCUT2D eigenvalue weighted by molar-refractivity contribution is 6.02. The fourth-order valence-electron chi connectivity index (χ4n) is 2.70. The number of ether oxygens (including phenoxy) is 2. The first-order valence-electron chi connectivity index (χ1n) is 9.78. The number of nitrogens with zero attached hydrogens (tertiary/aromatic N) is 1. The van der Waals surface area contributed by atoms with Gasteiger partial charge < -0.3 is 14.8 Å². The maximum Gasteiger partial charge on any atom is 0.311 e. The summed E-state index contributed by atoms with van der Waals surface area (Å²) >= 11 is 0. The van der Waals surface area contributed by atoms with Crippen LogP contribution >= 0.6 is 0 Å². The van der Waals surface area contributed by atoms with Gasteiger partial charge in [0, 0.05) is 17.8 Å². The molecule has 0 radical (unpaired) electrons. The summed E-state index contributed by atoms with van der Waals surface area (Å²) in [4.78, 5) is 23.0. The van der Waals surface area contributed by atoms with Crippen molar-refractivity contribution in [3.63, 3.8) is 0 Å². The number of nitro benzene ring substituents is 1. The SMILES string of the molecule is CCCOc1ccc(/C=C/C(=O)Nc2ccc(Oc3ccccc3)cc2)cc1[N+](=O)[O-]. The average molecular weight is 418 g/mol. The summed E-state index contributed by atoms with van der Waals surface area (Å²) in [6.45, 7) is 2.32. The number of amides is 1. The van der Waals surface area contributed by atoms with Gasteiger partial charge >= 0.3 is 5.69 Å². The number of nitrogens with one attached hydrogen (secondary N) is 1. The van der Waals surface area contributed by atoms with Crippen molar-refractivity contribution in [3.8, 4) is 17.2 Å². The van der Waals surface area contributed by atoms with Crippen LogP contribution in [-0.4, -0.2) is 17.4 Å². The van der Waals surface area contributed by atoms with Gasteiger partial charge in [0.25, 0.3) is 0 Å². The zero-order valence-corrected chi connectivity index (χ0v) is 17.0. The second-order valence-electron chi connectivity index (χ2n) is 6.59. The molecule has 0 aliphatic carbocycles. The lowest BCUT2D eigenvalue weighted by atomic mass is 10.1. The summed E-state index contributed by atoms with van der Waals surface area (Å²) in [5.74, 6) is 1.23. The molecule has 1 N–H and O–H groups in total. The summed E-state index contributed by atoms with van der Waals surface area (Å²) < 4.78 is 11.1. The fraction of sp³-hybridized carbons (Fsp3) is 0.125. The van der Waals surface area contributed by atoms with Crippen LogP contribution in [0.1, 0.15) is 18.9 Å². The normalized spacial score (nSPS) is 10.6. The monoisotopic (exact) mass is 418 g/mol. The van der Waals surface area contributed by atoms with E-state index in [-0.39, 0.29) is 17.3 Å². The number of hydrogen-bond acceptors (Lipinski definition) is 5. The maximum atomic E-state index is 12.2. The van der Waals surface area contributed by atoms with E-state index >= 15 is 0 Å². The summed E-state index contributed by atoms with van der Waals surface area (Å²) in [6.07, 6.45) is 3.58. The Kier molecular flexibility index (Phi) is 7.37. The molecule has 0 aliphatic rings. The molecule has 0 aliphatic heterocycles. The van der Waals surface area contributed by atoms with Crippen molar-refractivity contribution in [3.05, 3.63) is 94.6 Å². The lowest BCUT2D eigenvalue weighted by Gasteiger charge is -2.07. The van der Waals surface area contributed by atoms with E-state index in [1.807, 2.05) is 37.3 Å². The second kappa shape index (κ2) is 10.6. The fourth-order valence-corrected chi connectivity index (χ4v) is 2.70. The van der Waals surface area contributed by atoms with Crippen molar-refractivity contribution < 1.29 is 19.2 Å². The predicted octanol–water partition coefficient (Wildman–Crippen LogP) is 5.83. The van der Waals surface area contributed by atoms with Crippen molar-refractivity contribution in [2.75, 3.05) is 11.9 Å². The van der Waals surface area contributed by atoms with Gasteiger partial charge in [-0.1, -0.05) is 31.2 Å². The minimum absolute atomic E-state index is 0.134. The Labute approximate surface area is 180 Å². The minimum Gasteiger partial charge on any atom is -0.487 e. The molecule has 31 heavy (non-hydrogen) atoms. The molecule has 0 heterocycles. The van der Waals surface area contributed by atoms with E-state index in [2.05, 4.69) is 5.32 Å². The summed E-state index contributed by atoms with van der Waals surface area (Å²) in [7, 11) is 0. The highest BCUT2D eigenvalue weighted by Gasteiger charge is 2.15. The Morgan fingerprint density at radius 3 is 2.42 bits per heavy atom. The Bertz CT molecular complexity index is 1060. The molecule has 7 heteroatoms. The van der Waals surface area contributed by atoms with Crippen molar-refractivity contribution in [1.29, 1.82) is 0 Å². The Morgan fingerprint density at radius 1 is 1.03 bits per heavy atom. The number of hydrogen-bond donors (Lipinski definition) is 1. The molecule has 158 valence electrons. The van der Waals surface area contributed by atoms with Gasteiger partial charge in [0.15, 0.2) is 5.75 Å². The van der Waals surface area contributed by atoms with Gasteiger partial charge in [-0.2, -0.15) is 0 Å². The largest absolute Gasteiger partial charge is 0.487 e. The summed E-state index contributed by atoms with van der Waals surface area (Å²) in [5, 5.41) is 14.0. The average Bonchev–Trinajstić information content (AvgIpc) is 2.78. The number of carbonyl (C=O) groups excluding carboxylic acids is 1. The molecule has 0 aromatic heterocycles. The third-order valence-electron chi connectivity index (χ3n) is 4.17. The third-order valence-corrected chi connectivity index (χ3v) is 4.17. The van der Waals surface area contributed by atoms with Crippen LogP contribution in [0, 0.1) is 10.1 Å². The van der Waals surface area contributed by atoms with Crippen LogP contribution in [0.5, 0.6) is 17.2 Å². The van der Waals surface area contributed by atoms with Crippen molar-refractivity contribution >= 4 is 23.4 Å². The van der Waals surface area contributed by atoms with Crippen molar-refractivity contribution in [2.24, 2.45) is 0 Å². The van der Waals surface area contributed by atoms with Crippen LogP contribution in [0.3, 0.4) is 0 Å². The van der Waals surface area contributed by atoms with E-state index in [0.717, 1.165) is 12.2 Å². The van der Waals surface area contributed by atoms with Gasteiger partial charge in [-0.15, -0.1) is 0 Å². The number of carbonyl (C=O) groups is 1. The molecule has 0 spiro atoms. The van der Waals surface area contributed by atoms with E-state index in [0.29, 0.717) is 23.6 Å². The summed E-state index contributed by atoms with van der Waals surface area (Å²) in [6, 6.07) is 20.9. The highest BCUT2D eigenvalue weighted by Crippen LogP contribution is 2.28. The van der Waals surface area contributed by atoms with E-state index in [1.54, 1.807) is 30.3 Å².